The number of aromatic hydroxyl groups is 1. The second kappa shape index (κ2) is 5.48. The van der Waals surface area contributed by atoms with Crippen molar-refractivity contribution in [3.63, 3.8) is 0 Å². The van der Waals surface area contributed by atoms with Crippen LogP contribution in [0.5, 0.6) is 11.5 Å². The van der Waals surface area contributed by atoms with Crippen molar-refractivity contribution in [1.82, 2.24) is 0 Å². The first-order chi connectivity index (χ1) is 10.1. The fourth-order valence-electron chi connectivity index (χ4n) is 2.17. The summed E-state index contributed by atoms with van der Waals surface area (Å²) in [6.07, 6.45) is 0. The Morgan fingerprint density at radius 3 is 2.14 bits per heavy atom. The fourth-order valence-corrected chi connectivity index (χ4v) is 2.17. The van der Waals surface area contributed by atoms with E-state index in [9.17, 15) is 9.90 Å². The molecule has 0 bridgehead atoms. The standard InChI is InChI=1S/C15H21BO6/c1-14(2)15(3,4)22-16(21-14)10-7-9(13(18)20-6)8-11(19-5)12(10)17/h7-8,17H,1-6H3. The molecule has 1 saturated heterocycles. The van der Waals surface area contributed by atoms with Gasteiger partial charge in [-0.3, -0.25) is 0 Å². The summed E-state index contributed by atoms with van der Waals surface area (Å²) in [6, 6.07) is 2.90. The molecule has 0 aromatic heterocycles. The third-order valence-corrected chi connectivity index (χ3v) is 4.25. The van der Waals surface area contributed by atoms with Crippen molar-refractivity contribution in [2.24, 2.45) is 0 Å². The van der Waals surface area contributed by atoms with Gasteiger partial charge in [0, 0.05) is 5.46 Å². The van der Waals surface area contributed by atoms with E-state index in [1.807, 2.05) is 27.7 Å². The molecular formula is C15H21BO6. The first-order valence-corrected chi connectivity index (χ1v) is 6.98. The molecule has 0 atom stereocenters. The molecule has 0 saturated carbocycles. The van der Waals surface area contributed by atoms with Crippen LogP contribution in [0.15, 0.2) is 12.1 Å². The highest BCUT2D eigenvalue weighted by molar-refractivity contribution is 6.63. The maximum Gasteiger partial charge on any atom is 0.498 e. The van der Waals surface area contributed by atoms with Gasteiger partial charge in [0.2, 0.25) is 0 Å². The molecule has 2 rings (SSSR count). The van der Waals surface area contributed by atoms with Gasteiger partial charge in [-0.25, -0.2) is 4.79 Å². The first-order valence-electron chi connectivity index (χ1n) is 6.98. The number of esters is 1. The van der Waals surface area contributed by atoms with Gasteiger partial charge in [0.05, 0.1) is 31.0 Å². The van der Waals surface area contributed by atoms with Crippen LogP contribution >= 0.6 is 0 Å². The first kappa shape index (κ1) is 16.6. The van der Waals surface area contributed by atoms with Crippen LogP contribution in [0.3, 0.4) is 0 Å². The molecule has 1 aromatic carbocycles. The van der Waals surface area contributed by atoms with E-state index in [0.717, 1.165) is 0 Å². The Labute approximate surface area is 130 Å². The van der Waals surface area contributed by atoms with Gasteiger partial charge in [-0.05, 0) is 39.8 Å². The number of methoxy groups -OCH3 is 2. The number of hydrogen-bond donors (Lipinski definition) is 1. The lowest BCUT2D eigenvalue weighted by Crippen LogP contribution is -2.41. The fraction of sp³-hybridized carbons (Fsp3) is 0.533. The number of carbonyl (C=O) groups excluding carboxylic acids is 1. The molecule has 0 unspecified atom stereocenters. The van der Waals surface area contributed by atoms with Crippen LogP contribution in [-0.4, -0.2) is 43.6 Å². The lowest BCUT2D eigenvalue weighted by atomic mass is 9.77. The molecule has 1 fully saturated rings. The normalized spacial score (nSPS) is 19.1. The molecule has 22 heavy (non-hydrogen) atoms. The lowest BCUT2D eigenvalue weighted by molar-refractivity contribution is 0.00578. The summed E-state index contributed by atoms with van der Waals surface area (Å²) in [5, 5.41) is 10.3. The van der Waals surface area contributed by atoms with Crippen LogP contribution in [0.4, 0.5) is 0 Å². The molecule has 0 amide bonds. The van der Waals surface area contributed by atoms with Crippen molar-refractivity contribution in [3.8, 4) is 11.5 Å². The minimum Gasteiger partial charge on any atom is -0.505 e. The molecule has 1 aromatic rings. The second-order valence-corrected chi connectivity index (χ2v) is 6.20. The number of hydrogen-bond acceptors (Lipinski definition) is 6. The zero-order valence-corrected chi connectivity index (χ0v) is 13.7. The Morgan fingerprint density at radius 1 is 1.14 bits per heavy atom. The van der Waals surface area contributed by atoms with Crippen LogP contribution in [-0.2, 0) is 14.0 Å². The van der Waals surface area contributed by atoms with E-state index in [4.69, 9.17) is 18.8 Å². The Hall–Kier alpha value is -1.73. The number of ether oxygens (including phenoxy) is 2. The van der Waals surface area contributed by atoms with Crippen LogP contribution in [0.25, 0.3) is 0 Å². The van der Waals surface area contributed by atoms with E-state index < -0.39 is 24.3 Å². The van der Waals surface area contributed by atoms with Gasteiger partial charge in [-0.2, -0.15) is 0 Å². The van der Waals surface area contributed by atoms with Gasteiger partial charge in [0.15, 0.2) is 11.5 Å². The predicted octanol–water partition coefficient (Wildman–Crippen LogP) is 1.49. The summed E-state index contributed by atoms with van der Waals surface area (Å²) < 4.78 is 21.7. The van der Waals surface area contributed by atoms with E-state index in [1.165, 1.54) is 26.4 Å². The van der Waals surface area contributed by atoms with Gasteiger partial charge in [0.25, 0.3) is 0 Å². The molecule has 1 N–H and O–H groups in total. The summed E-state index contributed by atoms with van der Waals surface area (Å²) in [5.41, 5.74) is -0.530. The SMILES string of the molecule is COC(=O)c1cc(OC)c(O)c(B2OC(C)(C)C(C)(C)O2)c1. The molecule has 120 valence electrons. The number of phenols is 1. The maximum atomic E-state index is 11.8. The van der Waals surface area contributed by atoms with Gasteiger partial charge in [-0.1, -0.05) is 0 Å². The zero-order valence-electron chi connectivity index (χ0n) is 13.7. The number of carbonyl (C=O) groups is 1. The maximum absolute atomic E-state index is 11.8. The van der Waals surface area contributed by atoms with Crippen LogP contribution in [0.1, 0.15) is 38.1 Å². The predicted molar refractivity (Wildman–Crippen MR) is 81.7 cm³/mol. The van der Waals surface area contributed by atoms with Crippen LogP contribution < -0.4 is 10.2 Å². The van der Waals surface area contributed by atoms with E-state index in [2.05, 4.69) is 0 Å². The van der Waals surface area contributed by atoms with Crippen molar-refractivity contribution in [2.75, 3.05) is 14.2 Å². The van der Waals surface area contributed by atoms with Crippen molar-refractivity contribution >= 4 is 18.6 Å². The minimum atomic E-state index is -0.802. The van der Waals surface area contributed by atoms with Crippen molar-refractivity contribution in [1.29, 1.82) is 0 Å². The Morgan fingerprint density at radius 2 is 1.68 bits per heavy atom. The summed E-state index contributed by atoms with van der Waals surface area (Å²) in [4.78, 5) is 11.8. The number of phenolic OH excluding ortho intramolecular Hbond substituents is 1. The van der Waals surface area contributed by atoms with Gasteiger partial charge in [0.1, 0.15) is 0 Å². The molecule has 1 aliphatic rings. The number of rotatable bonds is 3. The van der Waals surface area contributed by atoms with Gasteiger partial charge < -0.3 is 23.9 Å². The summed E-state index contributed by atoms with van der Waals surface area (Å²) in [5.74, 6) is -0.489. The third-order valence-electron chi connectivity index (χ3n) is 4.25. The smallest absolute Gasteiger partial charge is 0.498 e. The van der Waals surface area contributed by atoms with E-state index in [0.29, 0.717) is 5.46 Å². The molecule has 0 spiro atoms. The van der Waals surface area contributed by atoms with Crippen LogP contribution in [0.2, 0.25) is 0 Å². The summed E-state index contributed by atoms with van der Waals surface area (Å²) >= 11 is 0. The quantitative estimate of drug-likeness (QED) is 0.673. The topological polar surface area (TPSA) is 74.2 Å². The molecule has 7 heteroatoms. The summed E-state index contributed by atoms with van der Waals surface area (Å²) in [6.45, 7) is 7.63. The highest BCUT2D eigenvalue weighted by atomic mass is 16.7. The molecular weight excluding hydrogens is 287 g/mol. The van der Waals surface area contributed by atoms with E-state index in [-0.39, 0.29) is 17.1 Å². The molecule has 1 heterocycles. The third kappa shape index (κ3) is 2.66. The monoisotopic (exact) mass is 308 g/mol. The highest BCUT2D eigenvalue weighted by Gasteiger charge is 2.52. The minimum absolute atomic E-state index is 0.117. The Kier molecular flexibility index (Phi) is 4.15. The van der Waals surface area contributed by atoms with Crippen molar-refractivity contribution < 1.29 is 28.7 Å². The second-order valence-electron chi connectivity index (χ2n) is 6.20. The van der Waals surface area contributed by atoms with Crippen molar-refractivity contribution in [3.05, 3.63) is 17.7 Å². The van der Waals surface area contributed by atoms with Crippen LogP contribution in [0, 0.1) is 0 Å². The average molecular weight is 308 g/mol. The highest BCUT2D eigenvalue weighted by Crippen LogP contribution is 2.38. The van der Waals surface area contributed by atoms with Gasteiger partial charge >= 0.3 is 13.1 Å². The van der Waals surface area contributed by atoms with E-state index in [1.54, 1.807) is 0 Å². The van der Waals surface area contributed by atoms with E-state index >= 15 is 0 Å². The molecule has 0 aliphatic carbocycles. The van der Waals surface area contributed by atoms with Crippen molar-refractivity contribution in [2.45, 2.75) is 38.9 Å². The summed E-state index contributed by atoms with van der Waals surface area (Å²) in [7, 11) is 1.89. The van der Waals surface area contributed by atoms with Gasteiger partial charge in [-0.15, -0.1) is 0 Å². The molecule has 0 radical (unpaired) electrons. The zero-order chi connectivity index (χ0) is 16.7. The molecule has 1 aliphatic heterocycles. The Balaban J connectivity index is 2.49. The lowest BCUT2D eigenvalue weighted by Gasteiger charge is -2.32. The largest absolute Gasteiger partial charge is 0.505 e. The molecule has 6 nitrogen and oxygen atoms in total. The number of benzene rings is 1. The average Bonchev–Trinajstić information content (AvgIpc) is 2.66. The Bertz CT molecular complexity index is 580.